The van der Waals surface area contributed by atoms with Crippen LogP contribution in [0.5, 0.6) is 5.75 Å². The Balaban J connectivity index is 2.49. The molecule has 4 heteroatoms. The largest absolute Gasteiger partial charge is 0.493 e. The van der Waals surface area contributed by atoms with E-state index in [0.29, 0.717) is 19.6 Å². The van der Waals surface area contributed by atoms with Crippen molar-refractivity contribution in [2.75, 3.05) is 19.8 Å². The van der Waals surface area contributed by atoms with E-state index in [0.717, 1.165) is 17.9 Å². The Kier molecular flexibility index (Phi) is 7.09. The molecule has 1 unspecified atom stereocenters. The normalized spacial score (nSPS) is 12.0. The van der Waals surface area contributed by atoms with Crippen LogP contribution in [0.3, 0.4) is 0 Å². The second-order valence-corrected chi connectivity index (χ2v) is 4.77. The summed E-state index contributed by atoms with van der Waals surface area (Å²) in [5.41, 5.74) is 2.33. The number of carbonyl (C=O) groups is 1. The molecule has 0 spiro atoms. The molecule has 0 aliphatic heterocycles. The minimum absolute atomic E-state index is 0.210. The molecular weight excluding hydrogens is 254 g/mol. The van der Waals surface area contributed by atoms with Crippen molar-refractivity contribution in [1.82, 2.24) is 5.32 Å². The van der Waals surface area contributed by atoms with Crippen molar-refractivity contribution in [2.24, 2.45) is 0 Å². The summed E-state index contributed by atoms with van der Waals surface area (Å²) in [4.78, 5) is 11.7. The van der Waals surface area contributed by atoms with Gasteiger partial charge in [0.05, 0.1) is 13.2 Å². The van der Waals surface area contributed by atoms with Crippen molar-refractivity contribution >= 4 is 5.97 Å². The third-order valence-electron chi connectivity index (χ3n) is 3.02. The van der Waals surface area contributed by atoms with Crippen LogP contribution >= 0.6 is 0 Å². The van der Waals surface area contributed by atoms with E-state index in [2.05, 4.69) is 18.3 Å². The van der Waals surface area contributed by atoms with E-state index >= 15 is 0 Å². The van der Waals surface area contributed by atoms with E-state index in [1.165, 1.54) is 5.56 Å². The fourth-order valence-corrected chi connectivity index (χ4v) is 2.04. The summed E-state index contributed by atoms with van der Waals surface area (Å²) in [6.07, 6.45) is 0.597. The summed E-state index contributed by atoms with van der Waals surface area (Å²) in [5, 5.41) is 3.12. The number of carbonyl (C=O) groups excluding carboxylic acids is 1. The SMILES string of the molecule is CCNC(CCOc1ccc(C)cc1C)C(=O)OCC. The number of benzene rings is 1. The molecule has 20 heavy (non-hydrogen) atoms. The minimum atomic E-state index is -0.300. The van der Waals surface area contributed by atoms with Gasteiger partial charge in [0.15, 0.2) is 0 Å². The number of likely N-dealkylation sites (N-methyl/N-ethyl adjacent to an activating group) is 1. The Morgan fingerprint density at radius 3 is 2.65 bits per heavy atom. The Hall–Kier alpha value is -1.55. The van der Waals surface area contributed by atoms with Gasteiger partial charge in [0.1, 0.15) is 11.8 Å². The number of aryl methyl sites for hydroxylation is 2. The van der Waals surface area contributed by atoms with E-state index in [-0.39, 0.29) is 12.0 Å². The maximum absolute atomic E-state index is 11.7. The summed E-state index contributed by atoms with van der Waals surface area (Å²) in [6.45, 7) is 9.48. The van der Waals surface area contributed by atoms with Crippen LogP contribution < -0.4 is 10.1 Å². The molecule has 1 rings (SSSR count). The van der Waals surface area contributed by atoms with Crippen molar-refractivity contribution in [3.8, 4) is 5.75 Å². The predicted octanol–water partition coefficient (Wildman–Crippen LogP) is 2.61. The second kappa shape index (κ2) is 8.59. The van der Waals surface area contributed by atoms with E-state index in [9.17, 15) is 4.79 Å². The molecule has 0 amide bonds. The van der Waals surface area contributed by atoms with Crippen molar-refractivity contribution in [2.45, 2.75) is 40.2 Å². The van der Waals surface area contributed by atoms with E-state index < -0.39 is 0 Å². The highest BCUT2D eigenvalue weighted by Crippen LogP contribution is 2.18. The van der Waals surface area contributed by atoms with Gasteiger partial charge >= 0.3 is 5.97 Å². The molecule has 1 aromatic rings. The number of nitrogens with one attached hydrogen (secondary N) is 1. The van der Waals surface area contributed by atoms with Gasteiger partial charge in [-0.2, -0.15) is 0 Å². The van der Waals surface area contributed by atoms with Gasteiger partial charge in [0.25, 0.3) is 0 Å². The number of hydrogen-bond acceptors (Lipinski definition) is 4. The molecule has 0 bridgehead atoms. The van der Waals surface area contributed by atoms with E-state index in [1.54, 1.807) is 0 Å². The summed E-state index contributed by atoms with van der Waals surface area (Å²) in [6, 6.07) is 5.78. The van der Waals surface area contributed by atoms with Crippen LogP contribution in [0.25, 0.3) is 0 Å². The van der Waals surface area contributed by atoms with Crippen LogP contribution in [0, 0.1) is 13.8 Å². The first-order valence-corrected chi connectivity index (χ1v) is 7.18. The van der Waals surface area contributed by atoms with Crippen molar-refractivity contribution in [3.05, 3.63) is 29.3 Å². The molecule has 0 saturated carbocycles. The minimum Gasteiger partial charge on any atom is -0.493 e. The Morgan fingerprint density at radius 2 is 2.05 bits per heavy atom. The molecule has 112 valence electrons. The average Bonchev–Trinajstić information content (AvgIpc) is 2.40. The van der Waals surface area contributed by atoms with Gasteiger partial charge in [-0.15, -0.1) is 0 Å². The molecule has 0 heterocycles. The lowest BCUT2D eigenvalue weighted by Gasteiger charge is -2.17. The lowest BCUT2D eigenvalue weighted by Crippen LogP contribution is -2.39. The highest BCUT2D eigenvalue weighted by Gasteiger charge is 2.18. The van der Waals surface area contributed by atoms with Gasteiger partial charge in [0, 0.05) is 6.42 Å². The number of ether oxygens (including phenoxy) is 2. The van der Waals surface area contributed by atoms with Gasteiger partial charge < -0.3 is 14.8 Å². The van der Waals surface area contributed by atoms with Gasteiger partial charge in [-0.25, -0.2) is 0 Å². The predicted molar refractivity (Wildman–Crippen MR) is 80.1 cm³/mol. The van der Waals surface area contributed by atoms with Crippen molar-refractivity contribution in [1.29, 1.82) is 0 Å². The second-order valence-electron chi connectivity index (χ2n) is 4.77. The standard InChI is InChI=1S/C16H25NO3/c1-5-17-14(16(18)19-6-2)9-10-20-15-8-7-12(3)11-13(15)4/h7-8,11,14,17H,5-6,9-10H2,1-4H3. The zero-order valence-corrected chi connectivity index (χ0v) is 12.9. The molecule has 0 aliphatic rings. The molecule has 4 nitrogen and oxygen atoms in total. The third-order valence-corrected chi connectivity index (χ3v) is 3.02. The zero-order valence-electron chi connectivity index (χ0n) is 12.9. The lowest BCUT2D eigenvalue weighted by molar-refractivity contribution is -0.146. The maximum atomic E-state index is 11.7. The summed E-state index contributed by atoms with van der Waals surface area (Å²) >= 11 is 0. The number of hydrogen-bond donors (Lipinski definition) is 1. The van der Waals surface area contributed by atoms with Gasteiger partial charge in [-0.1, -0.05) is 24.6 Å². The van der Waals surface area contributed by atoms with Gasteiger partial charge in [-0.3, -0.25) is 4.79 Å². The first kappa shape index (κ1) is 16.5. The van der Waals surface area contributed by atoms with Crippen LogP contribution in [-0.2, 0) is 9.53 Å². The topological polar surface area (TPSA) is 47.6 Å². The smallest absolute Gasteiger partial charge is 0.323 e. The number of esters is 1. The fourth-order valence-electron chi connectivity index (χ4n) is 2.04. The van der Waals surface area contributed by atoms with E-state index in [4.69, 9.17) is 9.47 Å². The van der Waals surface area contributed by atoms with Crippen LogP contribution in [0.1, 0.15) is 31.4 Å². The zero-order chi connectivity index (χ0) is 15.0. The van der Waals surface area contributed by atoms with Crippen LogP contribution in [-0.4, -0.2) is 31.8 Å². The highest BCUT2D eigenvalue weighted by molar-refractivity contribution is 5.75. The molecule has 0 aliphatic carbocycles. The van der Waals surface area contributed by atoms with Crippen molar-refractivity contribution in [3.63, 3.8) is 0 Å². The molecule has 1 N–H and O–H groups in total. The number of rotatable bonds is 8. The fraction of sp³-hybridized carbons (Fsp3) is 0.562. The molecule has 1 aromatic carbocycles. The first-order valence-electron chi connectivity index (χ1n) is 7.18. The summed E-state index contributed by atoms with van der Waals surface area (Å²) in [5.74, 6) is 0.660. The molecule has 0 aromatic heterocycles. The Labute approximate surface area is 121 Å². The van der Waals surface area contributed by atoms with Crippen molar-refractivity contribution < 1.29 is 14.3 Å². The highest BCUT2D eigenvalue weighted by atomic mass is 16.5. The molecule has 0 radical (unpaired) electrons. The lowest BCUT2D eigenvalue weighted by atomic mass is 10.1. The molecule has 1 atom stereocenters. The molecular formula is C16H25NO3. The van der Waals surface area contributed by atoms with E-state index in [1.807, 2.05) is 32.9 Å². The third kappa shape index (κ3) is 5.21. The maximum Gasteiger partial charge on any atom is 0.323 e. The average molecular weight is 279 g/mol. The first-order chi connectivity index (χ1) is 9.58. The van der Waals surface area contributed by atoms with Gasteiger partial charge in [-0.05, 0) is 38.9 Å². The van der Waals surface area contributed by atoms with Crippen LogP contribution in [0.4, 0.5) is 0 Å². The quantitative estimate of drug-likeness (QED) is 0.743. The van der Waals surface area contributed by atoms with Gasteiger partial charge in [0.2, 0.25) is 0 Å². The Morgan fingerprint density at radius 1 is 1.30 bits per heavy atom. The molecule has 0 saturated heterocycles. The Bertz CT molecular complexity index is 432. The monoisotopic (exact) mass is 279 g/mol. The van der Waals surface area contributed by atoms with Crippen LogP contribution in [0.15, 0.2) is 18.2 Å². The summed E-state index contributed by atoms with van der Waals surface area (Å²) < 4.78 is 10.8. The molecule has 0 fully saturated rings. The van der Waals surface area contributed by atoms with Crippen LogP contribution in [0.2, 0.25) is 0 Å². The summed E-state index contributed by atoms with van der Waals surface area (Å²) in [7, 11) is 0.